The molecule has 0 saturated heterocycles. The molecule has 1 aliphatic heterocycles. The van der Waals surface area contributed by atoms with E-state index in [1.54, 1.807) is 25.3 Å². The van der Waals surface area contributed by atoms with Crippen LogP contribution in [0.1, 0.15) is 52.7 Å². The number of carbonyl (C=O) groups excluding carboxylic acids is 1. The van der Waals surface area contributed by atoms with Crippen LogP contribution in [-0.4, -0.2) is 27.7 Å². The SMILES string of the molecule is Cc1nnc(C(C)(C)c2ccc(NC(=O)c3cccnc3NCc3ccc4c(c3)CCO4)cc2)o1. The number of hydrogen-bond donors (Lipinski definition) is 2. The molecule has 0 fully saturated rings. The summed E-state index contributed by atoms with van der Waals surface area (Å²) in [7, 11) is 0. The Morgan fingerprint density at radius 2 is 1.91 bits per heavy atom. The first-order valence-electron chi connectivity index (χ1n) is 11.6. The third-order valence-electron chi connectivity index (χ3n) is 6.19. The Morgan fingerprint density at radius 1 is 1.09 bits per heavy atom. The zero-order chi connectivity index (χ0) is 24.4. The molecule has 8 heteroatoms. The Kier molecular flexibility index (Phi) is 5.94. The summed E-state index contributed by atoms with van der Waals surface area (Å²) in [5, 5.41) is 14.4. The minimum Gasteiger partial charge on any atom is -0.493 e. The molecular weight excluding hydrogens is 442 g/mol. The summed E-state index contributed by atoms with van der Waals surface area (Å²) in [6, 6.07) is 17.3. The molecule has 2 aromatic carbocycles. The summed E-state index contributed by atoms with van der Waals surface area (Å²) in [4.78, 5) is 17.5. The van der Waals surface area contributed by atoms with Gasteiger partial charge in [0.15, 0.2) is 0 Å². The number of pyridine rings is 1. The Morgan fingerprint density at radius 3 is 2.69 bits per heavy atom. The van der Waals surface area contributed by atoms with Crippen molar-refractivity contribution in [3.05, 3.63) is 94.8 Å². The van der Waals surface area contributed by atoms with Gasteiger partial charge in [0, 0.05) is 31.8 Å². The zero-order valence-corrected chi connectivity index (χ0v) is 20.0. The van der Waals surface area contributed by atoms with Gasteiger partial charge in [0.25, 0.3) is 5.91 Å². The average molecular weight is 470 g/mol. The zero-order valence-electron chi connectivity index (χ0n) is 20.0. The van der Waals surface area contributed by atoms with Gasteiger partial charge in [-0.2, -0.15) is 0 Å². The smallest absolute Gasteiger partial charge is 0.259 e. The molecule has 0 bridgehead atoms. The van der Waals surface area contributed by atoms with Crippen molar-refractivity contribution in [3.63, 3.8) is 0 Å². The van der Waals surface area contributed by atoms with Crippen LogP contribution < -0.4 is 15.4 Å². The van der Waals surface area contributed by atoms with Crippen molar-refractivity contribution in [3.8, 4) is 5.75 Å². The number of hydrogen-bond acceptors (Lipinski definition) is 7. The van der Waals surface area contributed by atoms with Crippen LogP contribution in [0.15, 0.2) is 65.2 Å². The first-order chi connectivity index (χ1) is 16.9. The lowest BCUT2D eigenvalue weighted by atomic mass is 9.84. The van der Waals surface area contributed by atoms with Gasteiger partial charge in [-0.3, -0.25) is 4.79 Å². The summed E-state index contributed by atoms with van der Waals surface area (Å²) < 4.78 is 11.2. The molecule has 178 valence electrons. The number of carbonyl (C=O) groups is 1. The van der Waals surface area contributed by atoms with E-state index in [0.29, 0.717) is 35.4 Å². The third-order valence-corrected chi connectivity index (χ3v) is 6.19. The Hall–Kier alpha value is -4.20. The molecule has 2 aromatic heterocycles. The number of fused-ring (bicyclic) bond motifs is 1. The maximum absolute atomic E-state index is 13.1. The highest BCUT2D eigenvalue weighted by atomic mass is 16.5. The number of benzene rings is 2. The molecule has 35 heavy (non-hydrogen) atoms. The summed E-state index contributed by atoms with van der Waals surface area (Å²) in [6.07, 6.45) is 2.59. The van der Waals surface area contributed by atoms with Crippen molar-refractivity contribution < 1.29 is 13.9 Å². The number of rotatable bonds is 7. The molecule has 4 aromatic rings. The monoisotopic (exact) mass is 469 g/mol. The molecule has 2 N–H and O–H groups in total. The highest BCUT2D eigenvalue weighted by molar-refractivity contribution is 6.07. The van der Waals surface area contributed by atoms with Crippen molar-refractivity contribution in [2.75, 3.05) is 17.2 Å². The molecule has 0 saturated carbocycles. The van der Waals surface area contributed by atoms with Gasteiger partial charge in [-0.1, -0.05) is 24.3 Å². The summed E-state index contributed by atoms with van der Waals surface area (Å²) >= 11 is 0. The quantitative estimate of drug-likeness (QED) is 0.397. The molecule has 0 unspecified atom stereocenters. The van der Waals surface area contributed by atoms with E-state index in [9.17, 15) is 4.79 Å². The van der Waals surface area contributed by atoms with E-state index in [-0.39, 0.29) is 5.91 Å². The minimum atomic E-state index is -0.450. The van der Waals surface area contributed by atoms with Crippen LogP contribution in [0.5, 0.6) is 5.75 Å². The van der Waals surface area contributed by atoms with Crippen LogP contribution in [0.3, 0.4) is 0 Å². The van der Waals surface area contributed by atoms with Gasteiger partial charge < -0.3 is 19.8 Å². The van der Waals surface area contributed by atoms with Crippen LogP contribution in [0.25, 0.3) is 0 Å². The molecule has 1 aliphatic rings. The van der Waals surface area contributed by atoms with Gasteiger partial charge >= 0.3 is 0 Å². The maximum atomic E-state index is 13.1. The fraction of sp³-hybridized carbons (Fsp3) is 0.259. The second-order valence-corrected chi connectivity index (χ2v) is 9.08. The summed E-state index contributed by atoms with van der Waals surface area (Å²) in [6.45, 7) is 7.10. The lowest BCUT2D eigenvalue weighted by Gasteiger charge is -2.21. The maximum Gasteiger partial charge on any atom is 0.259 e. The fourth-order valence-electron chi connectivity index (χ4n) is 4.11. The fourth-order valence-corrected chi connectivity index (χ4v) is 4.11. The van der Waals surface area contributed by atoms with Crippen LogP contribution in [0, 0.1) is 6.92 Å². The Bertz CT molecular complexity index is 1360. The number of aromatic nitrogens is 3. The van der Waals surface area contributed by atoms with Crippen LogP contribution in [0.2, 0.25) is 0 Å². The number of anilines is 2. The predicted octanol–water partition coefficient (Wildman–Crippen LogP) is 4.90. The molecular formula is C27H27N5O3. The van der Waals surface area contributed by atoms with Crippen LogP contribution >= 0.6 is 0 Å². The molecule has 0 atom stereocenters. The van der Waals surface area contributed by atoms with E-state index in [0.717, 1.165) is 29.9 Å². The lowest BCUT2D eigenvalue weighted by Crippen LogP contribution is -2.20. The van der Waals surface area contributed by atoms with Gasteiger partial charge in [0.05, 0.1) is 17.6 Å². The standard InChI is InChI=1S/C27H27N5O3/c1-17-31-32-26(35-17)27(2,3)20-7-9-21(10-8-20)30-25(33)22-5-4-13-28-24(22)29-16-18-6-11-23-19(15-18)12-14-34-23/h4-11,13,15H,12,14,16H2,1-3H3,(H,28,29)(H,30,33). The first-order valence-corrected chi connectivity index (χ1v) is 11.6. The summed E-state index contributed by atoms with van der Waals surface area (Å²) in [5.41, 5.74) is 4.04. The molecule has 5 rings (SSSR count). The number of ether oxygens (including phenoxy) is 1. The van der Waals surface area contributed by atoms with Gasteiger partial charge in [0.2, 0.25) is 11.8 Å². The van der Waals surface area contributed by atoms with Crippen molar-refractivity contribution in [1.82, 2.24) is 15.2 Å². The van der Waals surface area contributed by atoms with Gasteiger partial charge in [-0.05, 0) is 60.9 Å². The average Bonchev–Trinajstić information content (AvgIpc) is 3.52. The van der Waals surface area contributed by atoms with E-state index < -0.39 is 5.41 Å². The van der Waals surface area contributed by atoms with E-state index in [1.807, 2.05) is 50.2 Å². The van der Waals surface area contributed by atoms with Crippen molar-refractivity contribution in [2.24, 2.45) is 0 Å². The van der Waals surface area contributed by atoms with Gasteiger partial charge in [-0.25, -0.2) is 4.98 Å². The lowest BCUT2D eigenvalue weighted by molar-refractivity contribution is 0.102. The number of nitrogens with zero attached hydrogens (tertiary/aromatic N) is 3. The van der Waals surface area contributed by atoms with E-state index in [2.05, 4.69) is 31.9 Å². The Balaban J connectivity index is 1.27. The van der Waals surface area contributed by atoms with Gasteiger partial charge in [-0.15, -0.1) is 10.2 Å². The molecule has 0 aliphatic carbocycles. The third kappa shape index (κ3) is 4.73. The minimum absolute atomic E-state index is 0.234. The topological polar surface area (TPSA) is 102 Å². The largest absolute Gasteiger partial charge is 0.493 e. The second-order valence-electron chi connectivity index (χ2n) is 9.08. The molecule has 0 spiro atoms. The first kappa shape index (κ1) is 22.6. The Labute approximate surface area is 203 Å². The van der Waals surface area contributed by atoms with Crippen LogP contribution in [-0.2, 0) is 18.4 Å². The van der Waals surface area contributed by atoms with Gasteiger partial charge in [0.1, 0.15) is 11.6 Å². The number of amides is 1. The van der Waals surface area contributed by atoms with Crippen LogP contribution in [0.4, 0.5) is 11.5 Å². The highest BCUT2D eigenvalue weighted by Gasteiger charge is 2.29. The number of aryl methyl sites for hydroxylation is 1. The van der Waals surface area contributed by atoms with E-state index in [4.69, 9.17) is 9.15 Å². The molecule has 8 nitrogen and oxygen atoms in total. The highest BCUT2D eigenvalue weighted by Crippen LogP contribution is 2.31. The summed E-state index contributed by atoms with van der Waals surface area (Å²) in [5.74, 6) is 2.33. The van der Waals surface area contributed by atoms with Crippen molar-refractivity contribution in [2.45, 2.75) is 39.2 Å². The molecule has 1 amide bonds. The van der Waals surface area contributed by atoms with Crippen molar-refractivity contribution in [1.29, 1.82) is 0 Å². The van der Waals surface area contributed by atoms with E-state index >= 15 is 0 Å². The van der Waals surface area contributed by atoms with Crippen molar-refractivity contribution >= 4 is 17.4 Å². The van der Waals surface area contributed by atoms with E-state index in [1.165, 1.54) is 5.56 Å². The second kappa shape index (κ2) is 9.21. The number of nitrogens with one attached hydrogen (secondary N) is 2. The molecule has 3 heterocycles. The molecule has 0 radical (unpaired) electrons. The normalized spacial score (nSPS) is 12.7. The predicted molar refractivity (Wildman–Crippen MR) is 133 cm³/mol.